The molecule has 4 aliphatic rings. The normalized spacial score (nSPS) is 55.9. The highest BCUT2D eigenvalue weighted by Crippen LogP contribution is 2.70. The van der Waals surface area contributed by atoms with E-state index in [4.69, 9.17) is 0 Å². The summed E-state index contributed by atoms with van der Waals surface area (Å²) in [4.78, 5) is 13.1. The van der Waals surface area contributed by atoms with Gasteiger partial charge in [0, 0.05) is 11.3 Å². The van der Waals surface area contributed by atoms with E-state index >= 15 is 0 Å². The van der Waals surface area contributed by atoms with Gasteiger partial charge >= 0.3 is 0 Å². The van der Waals surface area contributed by atoms with Crippen LogP contribution in [0.5, 0.6) is 0 Å². The van der Waals surface area contributed by atoms with Crippen molar-refractivity contribution in [3.8, 4) is 0 Å². The van der Waals surface area contributed by atoms with Gasteiger partial charge in [0.15, 0.2) is 5.78 Å². The molecule has 0 aliphatic heterocycles. The number of carbonyl (C=O) groups excluding carboxylic acids is 1. The van der Waals surface area contributed by atoms with Gasteiger partial charge in [-0.3, -0.25) is 4.79 Å². The van der Waals surface area contributed by atoms with Crippen LogP contribution in [-0.2, 0) is 4.79 Å². The molecule has 2 bridgehead atoms. The fraction of sp³-hybridized carbons (Fsp3) is 0.850. The second-order valence-corrected chi connectivity index (χ2v) is 9.68. The third kappa shape index (κ3) is 1.59. The van der Waals surface area contributed by atoms with Crippen molar-refractivity contribution in [3.63, 3.8) is 0 Å². The van der Waals surface area contributed by atoms with Gasteiger partial charge in [-0.2, -0.15) is 0 Å². The molecule has 0 heterocycles. The smallest absolute Gasteiger partial charge is 0.170 e. The fourth-order valence-corrected chi connectivity index (χ4v) is 7.33. The minimum Gasteiger partial charge on any atom is -0.393 e. The van der Waals surface area contributed by atoms with E-state index in [0.717, 1.165) is 25.7 Å². The number of fused-ring (bicyclic) bond motifs is 3. The van der Waals surface area contributed by atoms with Crippen molar-refractivity contribution in [2.45, 2.75) is 71.2 Å². The standard InChI is InChI=1S/C20H30O4/c1-10-11-5-6-12-19(4)13(18(2,3)8-7-14(19)21)9-15(22)20(12,16(10)23)17(11)24/h11-15,17,21-22,24H,1,5-9H2,2-4H3/t11-,12-,13+,14-,15+,17+,19-,20-/m0/s1. The summed E-state index contributed by atoms with van der Waals surface area (Å²) in [5.74, 6) is -0.418. The van der Waals surface area contributed by atoms with Crippen LogP contribution in [-0.4, -0.2) is 39.4 Å². The molecule has 0 aromatic carbocycles. The molecule has 0 aromatic heterocycles. The molecule has 4 nitrogen and oxygen atoms in total. The summed E-state index contributed by atoms with van der Waals surface area (Å²) in [6.45, 7) is 10.5. The van der Waals surface area contributed by atoms with Crippen molar-refractivity contribution in [2.24, 2.45) is 34.0 Å². The van der Waals surface area contributed by atoms with Crippen LogP contribution < -0.4 is 0 Å². The molecule has 0 amide bonds. The number of carbonyl (C=O) groups is 1. The molecule has 134 valence electrons. The van der Waals surface area contributed by atoms with Crippen LogP contribution in [0.15, 0.2) is 12.2 Å². The molecule has 0 aromatic rings. The van der Waals surface area contributed by atoms with Crippen molar-refractivity contribution in [3.05, 3.63) is 12.2 Å². The van der Waals surface area contributed by atoms with Crippen LogP contribution in [0.3, 0.4) is 0 Å². The SMILES string of the molecule is C=C1C(=O)[C@@]23[C@H](O)C[C@@H]4C(C)(C)CC[C@H](O)[C@@]4(C)[C@@H]2CC[C@@H]1[C@H]3O. The Morgan fingerprint density at radius 3 is 2.33 bits per heavy atom. The van der Waals surface area contributed by atoms with Gasteiger partial charge in [-0.1, -0.05) is 27.4 Å². The Bertz CT molecular complexity index is 611. The van der Waals surface area contributed by atoms with E-state index < -0.39 is 29.1 Å². The molecule has 0 radical (unpaired) electrons. The minimum atomic E-state index is -1.15. The lowest BCUT2D eigenvalue weighted by atomic mass is 9.39. The van der Waals surface area contributed by atoms with Crippen molar-refractivity contribution in [2.75, 3.05) is 0 Å². The highest BCUT2D eigenvalue weighted by Gasteiger charge is 2.75. The number of Topliss-reactive ketones (excluding diaryl/α,β-unsaturated/α-hetero) is 1. The first-order chi connectivity index (χ1) is 11.1. The molecule has 4 rings (SSSR count). The van der Waals surface area contributed by atoms with Crippen LogP contribution in [0.25, 0.3) is 0 Å². The average Bonchev–Trinajstić information content (AvgIpc) is 2.63. The molecule has 8 atom stereocenters. The first kappa shape index (κ1) is 16.7. The van der Waals surface area contributed by atoms with Crippen molar-refractivity contribution in [1.29, 1.82) is 0 Å². The largest absolute Gasteiger partial charge is 0.393 e. The number of aliphatic hydroxyl groups excluding tert-OH is 3. The van der Waals surface area contributed by atoms with E-state index in [0.29, 0.717) is 12.0 Å². The number of hydrogen-bond donors (Lipinski definition) is 3. The molecule has 24 heavy (non-hydrogen) atoms. The first-order valence-corrected chi connectivity index (χ1v) is 9.37. The number of ketones is 1. The molecular formula is C20H30O4. The Labute approximate surface area is 144 Å². The number of hydrogen-bond acceptors (Lipinski definition) is 4. The lowest BCUT2D eigenvalue weighted by Crippen LogP contribution is -2.69. The maximum Gasteiger partial charge on any atom is 0.170 e. The highest BCUT2D eigenvalue weighted by molar-refractivity contribution is 6.04. The monoisotopic (exact) mass is 334 g/mol. The van der Waals surface area contributed by atoms with Crippen LogP contribution >= 0.6 is 0 Å². The zero-order chi connectivity index (χ0) is 17.7. The van der Waals surface area contributed by atoms with Crippen LogP contribution in [0.4, 0.5) is 0 Å². The Hall–Kier alpha value is -0.710. The highest BCUT2D eigenvalue weighted by atomic mass is 16.3. The summed E-state index contributed by atoms with van der Waals surface area (Å²) < 4.78 is 0. The van der Waals surface area contributed by atoms with Gasteiger partial charge in [0.25, 0.3) is 0 Å². The van der Waals surface area contributed by atoms with Gasteiger partial charge in [0.05, 0.1) is 23.7 Å². The number of rotatable bonds is 0. The van der Waals surface area contributed by atoms with Crippen LogP contribution in [0.2, 0.25) is 0 Å². The molecule has 0 unspecified atom stereocenters. The van der Waals surface area contributed by atoms with Gasteiger partial charge in [0.2, 0.25) is 0 Å². The van der Waals surface area contributed by atoms with E-state index in [-0.39, 0.29) is 29.0 Å². The van der Waals surface area contributed by atoms with Crippen LogP contribution in [0.1, 0.15) is 52.9 Å². The minimum absolute atomic E-state index is 0.0109. The third-order valence-corrected chi connectivity index (χ3v) is 8.58. The molecule has 4 aliphatic carbocycles. The Kier molecular flexibility index (Phi) is 3.29. The maximum atomic E-state index is 13.1. The summed E-state index contributed by atoms with van der Waals surface area (Å²) in [5.41, 5.74) is -1.11. The fourth-order valence-electron chi connectivity index (χ4n) is 7.33. The van der Waals surface area contributed by atoms with Gasteiger partial charge in [0.1, 0.15) is 0 Å². The second kappa shape index (κ2) is 4.72. The van der Waals surface area contributed by atoms with Gasteiger partial charge in [-0.15, -0.1) is 0 Å². The first-order valence-electron chi connectivity index (χ1n) is 9.37. The van der Waals surface area contributed by atoms with Crippen molar-refractivity contribution in [1.82, 2.24) is 0 Å². The molecule has 4 fully saturated rings. The van der Waals surface area contributed by atoms with E-state index in [1.165, 1.54) is 0 Å². The Balaban J connectivity index is 1.91. The quantitative estimate of drug-likeness (QED) is 0.593. The molecule has 0 saturated heterocycles. The van der Waals surface area contributed by atoms with Gasteiger partial charge < -0.3 is 15.3 Å². The predicted molar refractivity (Wildman–Crippen MR) is 90.0 cm³/mol. The van der Waals surface area contributed by atoms with Gasteiger partial charge in [-0.05, 0) is 54.9 Å². The molecule has 3 N–H and O–H groups in total. The van der Waals surface area contributed by atoms with Gasteiger partial charge in [-0.25, -0.2) is 0 Å². The predicted octanol–water partition coefficient (Wildman–Crippen LogP) is 2.07. The Morgan fingerprint density at radius 1 is 1.00 bits per heavy atom. The lowest BCUT2D eigenvalue weighted by molar-refractivity contribution is -0.251. The summed E-state index contributed by atoms with van der Waals surface area (Å²) in [5, 5.41) is 33.1. The molecular weight excluding hydrogens is 304 g/mol. The maximum absolute atomic E-state index is 13.1. The van der Waals surface area contributed by atoms with Crippen molar-refractivity contribution < 1.29 is 20.1 Å². The molecule has 4 saturated carbocycles. The Morgan fingerprint density at radius 2 is 1.67 bits per heavy atom. The zero-order valence-corrected chi connectivity index (χ0v) is 15.0. The zero-order valence-electron chi connectivity index (χ0n) is 15.0. The average molecular weight is 334 g/mol. The molecule has 1 spiro atoms. The number of aliphatic hydroxyl groups is 3. The topological polar surface area (TPSA) is 77.8 Å². The lowest BCUT2D eigenvalue weighted by Gasteiger charge is -2.66. The summed E-state index contributed by atoms with van der Waals surface area (Å²) in [7, 11) is 0. The second-order valence-electron chi connectivity index (χ2n) is 9.68. The summed E-state index contributed by atoms with van der Waals surface area (Å²) in [6.07, 6.45) is 1.40. The van der Waals surface area contributed by atoms with E-state index in [2.05, 4.69) is 27.4 Å². The van der Waals surface area contributed by atoms with E-state index in [1.807, 2.05) is 0 Å². The van der Waals surface area contributed by atoms with Crippen molar-refractivity contribution >= 4 is 5.78 Å². The third-order valence-electron chi connectivity index (χ3n) is 8.58. The van der Waals surface area contributed by atoms with Crippen LogP contribution in [0, 0.1) is 34.0 Å². The molecule has 4 heteroatoms. The summed E-state index contributed by atoms with van der Waals surface area (Å²) in [6, 6.07) is 0. The summed E-state index contributed by atoms with van der Waals surface area (Å²) >= 11 is 0. The van der Waals surface area contributed by atoms with E-state index in [1.54, 1.807) is 0 Å². The van der Waals surface area contributed by atoms with E-state index in [9.17, 15) is 20.1 Å².